The molecule has 0 aromatic rings. The molecular formula is C7H10F3NO2. The van der Waals surface area contributed by atoms with E-state index in [0.29, 0.717) is 0 Å². The summed E-state index contributed by atoms with van der Waals surface area (Å²) in [5, 5.41) is 6.53. The Morgan fingerprint density at radius 1 is 1.38 bits per heavy atom. The molecule has 0 unspecified atom stereocenters. The van der Waals surface area contributed by atoms with Gasteiger partial charge in [0.2, 0.25) is 0 Å². The number of alkyl halides is 3. The lowest BCUT2D eigenvalue weighted by atomic mass is 10.2. The zero-order valence-electron chi connectivity index (χ0n) is 7.07. The first-order valence-corrected chi connectivity index (χ1v) is 3.68. The van der Waals surface area contributed by atoms with Crippen molar-refractivity contribution < 1.29 is 22.7 Å². The summed E-state index contributed by atoms with van der Waals surface area (Å²) in [6.07, 6.45) is -5.65. The minimum atomic E-state index is -4.63. The van der Waals surface area contributed by atoms with Crippen LogP contribution in [0.4, 0.5) is 13.2 Å². The van der Waals surface area contributed by atoms with E-state index in [4.69, 9.17) is 5.41 Å². The molecule has 0 aromatic heterocycles. The smallest absolute Gasteiger partial charge is 0.428 e. The normalized spacial score (nSPS) is 11.1. The molecule has 13 heavy (non-hydrogen) atoms. The molecule has 0 spiro atoms. The van der Waals surface area contributed by atoms with Gasteiger partial charge in [0, 0.05) is 6.42 Å². The van der Waals surface area contributed by atoms with Crippen molar-refractivity contribution >= 4 is 11.7 Å². The zero-order chi connectivity index (χ0) is 10.5. The SMILES string of the molecule is CCOC(=O)CCC(=N)C(F)(F)F. The zero-order valence-corrected chi connectivity index (χ0v) is 7.07. The van der Waals surface area contributed by atoms with Crippen LogP contribution in [0, 0.1) is 5.41 Å². The predicted octanol–water partition coefficient (Wildman–Crippen LogP) is 1.91. The number of halogens is 3. The molecule has 0 fully saturated rings. The van der Waals surface area contributed by atoms with Gasteiger partial charge in [-0.2, -0.15) is 13.2 Å². The van der Waals surface area contributed by atoms with Crippen LogP contribution >= 0.6 is 0 Å². The summed E-state index contributed by atoms with van der Waals surface area (Å²) in [5.74, 6) is -0.712. The van der Waals surface area contributed by atoms with Crippen LogP contribution in [0.15, 0.2) is 0 Å². The molecule has 3 nitrogen and oxygen atoms in total. The Kier molecular flexibility index (Phi) is 4.44. The Morgan fingerprint density at radius 2 is 1.92 bits per heavy atom. The monoisotopic (exact) mass is 197 g/mol. The number of hydrogen-bond donors (Lipinski definition) is 1. The van der Waals surface area contributed by atoms with Crippen LogP contribution in [-0.2, 0) is 9.53 Å². The van der Waals surface area contributed by atoms with Crippen LogP contribution in [0.5, 0.6) is 0 Å². The van der Waals surface area contributed by atoms with Gasteiger partial charge in [0.1, 0.15) is 5.71 Å². The number of ether oxygens (including phenoxy) is 1. The van der Waals surface area contributed by atoms with Gasteiger partial charge in [-0.25, -0.2) is 0 Å². The Morgan fingerprint density at radius 3 is 2.31 bits per heavy atom. The highest BCUT2D eigenvalue weighted by molar-refractivity contribution is 5.89. The summed E-state index contributed by atoms with van der Waals surface area (Å²) in [4.78, 5) is 10.6. The lowest BCUT2D eigenvalue weighted by Gasteiger charge is -2.06. The highest BCUT2D eigenvalue weighted by Gasteiger charge is 2.33. The van der Waals surface area contributed by atoms with E-state index >= 15 is 0 Å². The van der Waals surface area contributed by atoms with Gasteiger partial charge in [-0.15, -0.1) is 0 Å². The number of carbonyl (C=O) groups is 1. The van der Waals surface area contributed by atoms with Gasteiger partial charge in [-0.3, -0.25) is 4.79 Å². The van der Waals surface area contributed by atoms with E-state index in [1.165, 1.54) is 0 Å². The van der Waals surface area contributed by atoms with E-state index < -0.39 is 30.7 Å². The van der Waals surface area contributed by atoms with Crippen molar-refractivity contribution in [3.8, 4) is 0 Å². The van der Waals surface area contributed by atoms with Crippen molar-refractivity contribution in [3.05, 3.63) is 0 Å². The van der Waals surface area contributed by atoms with Gasteiger partial charge in [-0.1, -0.05) is 0 Å². The largest absolute Gasteiger partial charge is 0.466 e. The van der Waals surface area contributed by atoms with Gasteiger partial charge in [0.15, 0.2) is 0 Å². The fourth-order valence-corrected chi connectivity index (χ4v) is 0.602. The van der Waals surface area contributed by atoms with Gasteiger partial charge < -0.3 is 10.1 Å². The summed E-state index contributed by atoms with van der Waals surface area (Å²) in [6.45, 7) is 1.70. The van der Waals surface area contributed by atoms with Gasteiger partial charge in [0.05, 0.1) is 13.0 Å². The maximum absolute atomic E-state index is 11.7. The van der Waals surface area contributed by atoms with E-state index in [9.17, 15) is 18.0 Å². The fraction of sp³-hybridized carbons (Fsp3) is 0.714. The van der Waals surface area contributed by atoms with Crippen molar-refractivity contribution in [2.45, 2.75) is 25.9 Å². The van der Waals surface area contributed by atoms with Crippen molar-refractivity contribution in [2.75, 3.05) is 6.61 Å². The van der Waals surface area contributed by atoms with Gasteiger partial charge >= 0.3 is 12.1 Å². The summed E-state index contributed by atoms with van der Waals surface area (Å²) < 4.78 is 39.5. The summed E-state index contributed by atoms with van der Waals surface area (Å²) in [5.41, 5.74) is -1.40. The Bertz CT molecular complexity index is 200. The molecule has 0 rings (SSSR count). The van der Waals surface area contributed by atoms with E-state index in [2.05, 4.69) is 4.74 Å². The third kappa shape index (κ3) is 5.21. The Hall–Kier alpha value is -1.07. The Balaban J connectivity index is 3.77. The van der Waals surface area contributed by atoms with E-state index in [0.717, 1.165) is 0 Å². The number of esters is 1. The summed E-state index contributed by atoms with van der Waals surface area (Å²) in [7, 11) is 0. The second-order valence-electron chi connectivity index (χ2n) is 2.28. The molecule has 0 saturated heterocycles. The van der Waals surface area contributed by atoms with Crippen LogP contribution in [-0.4, -0.2) is 24.5 Å². The standard InChI is InChI=1S/C7H10F3NO2/c1-2-13-6(12)4-3-5(11)7(8,9)10/h11H,2-4H2,1H3. The predicted molar refractivity (Wildman–Crippen MR) is 39.6 cm³/mol. The molecule has 0 aliphatic carbocycles. The van der Waals surface area contributed by atoms with E-state index in [1.54, 1.807) is 6.92 Å². The topological polar surface area (TPSA) is 50.2 Å². The maximum Gasteiger partial charge on any atom is 0.428 e. The lowest BCUT2D eigenvalue weighted by Crippen LogP contribution is -2.22. The first-order chi connectivity index (χ1) is 5.88. The molecular weight excluding hydrogens is 187 g/mol. The van der Waals surface area contributed by atoms with Crippen LogP contribution in [0.3, 0.4) is 0 Å². The molecule has 0 radical (unpaired) electrons. The summed E-state index contributed by atoms with van der Waals surface area (Å²) in [6, 6.07) is 0. The molecule has 0 heterocycles. The molecule has 0 aliphatic heterocycles. The van der Waals surface area contributed by atoms with Crippen molar-refractivity contribution in [1.29, 1.82) is 5.41 Å². The molecule has 0 atom stereocenters. The number of rotatable bonds is 4. The third-order valence-electron chi connectivity index (χ3n) is 1.23. The van der Waals surface area contributed by atoms with Gasteiger partial charge in [-0.05, 0) is 6.92 Å². The van der Waals surface area contributed by atoms with Crippen molar-refractivity contribution in [3.63, 3.8) is 0 Å². The Labute approximate surface area is 73.4 Å². The molecule has 0 aliphatic rings. The highest BCUT2D eigenvalue weighted by Crippen LogP contribution is 2.18. The lowest BCUT2D eigenvalue weighted by molar-refractivity contribution is -0.143. The maximum atomic E-state index is 11.7. The van der Waals surface area contributed by atoms with E-state index in [1.807, 2.05) is 0 Å². The first-order valence-electron chi connectivity index (χ1n) is 3.68. The molecule has 0 bridgehead atoms. The second-order valence-corrected chi connectivity index (χ2v) is 2.28. The average molecular weight is 197 g/mol. The van der Waals surface area contributed by atoms with Crippen molar-refractivity contribution in [2.24, 2.45) is 0 Å². The van der Waals surface area contributed by atoms with Gasteiger partial charge in [0.25, 0.3) is 0 Å². The molecule has 76 valence electrons. The quantitative estimate of drug-likeness (QED) is 0.552. The first kappa shape index (κ1) is 11.9. The second kappa shape index (κ2) is 4.84. The minimum absolute atomic E-state index is 0.137. The van der Waals surface area contributed by atoms with Crippen LogP contribution < -0.4 is 0 Å². The van der Waals surface area contributed by atoms with Crippen LogP contribution in [0.2, 0.25) is 0 Å². The number of nitrogens with one attached hydrogen (secondary N) is 1. The highest BCUT2D eigenvalue weighted by atomic mass is 19.4. The van der Waals surface area contributed by atoms with Crippen LogP contribution in [0.25, 0.3) is 0 Å². The average Bonchev–Trinajstić information content (AvgIpc) is 1.99. The fourth-order valence-electron chi connectivity index (χ4n) is 0.602. The molecule has 6 heteroatoms. The molecule has 0 aromatic carbocycles. The van der Waals surface area contributed by atoms with Crippen LogP contribution in [0.1, 0.15) is 19.8 Å². The summed E-state index contributed by atoms with van der Waals surface area (Å²) >= 11 is 0. The number of carbonyl (C=O) groups excluding carboxylic acids is 1. The number of hydrogen-bond acceptors (Lipinski definition) is 3. The molecule has 0 saturated carbocycles. The van der Waals surface area contributed by atoms with E-state index in [-0.39, 0.29) is 6.61 Å². The molecule has 0 amide bonds. The molecule has 1 N–H and O–H groups in total. The minimum Gasteiger partial charge on any atom is -0.466 e. The van der Waals surface area contributed by atoms with Crippen molar-refractivity contribution in [1.82, 2.24) is 0 Å². The third-order valence-corrected chi connectivity index (χ3v) is 1.23.